The molecule has 3 aromatic heterocycles. The summed E-state index contributed by atoms with van der Waals surface area (Å²) in [6.07, 6.45) is 7.88. The van der Waals surface area contributed by atoms with Gasteiger partial charge in [-0.05, 0) is 67.5 Å². The van der Waals surface area contributed by atoms with E-state index in [1.54, 1.807) is 17.4 Å². The molecule has 7 heteroatoms. The number of thiophene rings is 1. The smallest absolute Gasteiger partial charge is 0.253 e. The molecule has 6 nitrogen and oxygen atoms in total. The maximum absolute atomic E-state index is 13.0. The highest BCUT2D eigenvalue weighted by molar-refractivity contribution is 7.09. The Morgan fingerprint density at radius 2 is 1.97 bits per heavy atom. The van der Waals surface area contributed by atoms with E-state index < -0.39 is 0 Å². The van der Waals surface area contributed by atoms with Crippen molar-refractivity contribution < 1.29 is 9.59 Å². The highest BCUT2D eigenvalue weighted by Gasteiger charge is 2.27. The highest BCUT2D eigenvalue weighted by atomic mass is 32.1. The van der Waals surface area contributed by atoms with Crippen LogP contribution >= 0.6 is 11.3 Å². The summed E-state index contributed by atoms with van der Waals surface area (Å²) in [6.45, 7) is 3.85. The first-order chi connectivity index (χ1) is 17.6. The van der Waals surface area contributed by atoms with Crippen molar-refractivity contribution in [1.29, 1.82) is 0 Å². The SMILES string of the molecule is Cc1ccc(C(=O)NCCc2cccs2)c(C2CCN(C(=O)C=Cc3c[nH]c4ccccc34)CC2)n1. The second-order valence-corrected chi connectivity index (χ2v) is 10.2. The third kappa shape index (κ3) is 5.41. The average Bonchev–Trinajstić information content (AvgIpc) is 3.57. The van der Waals surface area contributed by atoms with Gasteiger partial charge in [-0.15, -0.1) is 11.3 Å². The molecule has 1 saturated heterocycles. The minimum absolute atomic E-state index is 0.0162. The van der Waals surface area contributed by atoms with Crippen LogP contribution in [0.4, 0.5) is 0 Å². The largest absolute Gasteiger partial charge is 0.361 e. The Kier molecular flexibility index (Phi) is 7.28. The number of hydrogen-bond donors (Lipinski definition) is 2. The van der Waals surface area contributed by atoms with Crippen molar-refractivity contribution >= 4 is 40.1 Å². The lowest BCUT2D eigenvalue weighted by atomic mass is 9.89. The third-order valence-corrected chi connectivity index (χ3v) is 7.70. The van der Waals surface area contributed by atoms with Gasteiger partial charge in [0.2, 0.25) is 5.91 Å². The molecule has 36 heavy (non-hydrogen) atoms. The second kappa shape index (κ2) is 10.9. The predicted octanol–water partition coefficient (Wildman–Crippen LogP) is 5.32. The Bertz CT molecular complexity index is 1380. The normalized spacial score (nSPS) is 14.5. The van der Waals surface area contributed by atoms with Gasteiger partial charge in [-0.3, -0.25) is 14.6 Å². The van der Waals surface area contributed by atoms with E-state index in [1.807, 2.05) is 71.9 Å². The minimum Gasteiger partial charge on any atom is -0.361 e. The molecule has 5 rings (SSSR count). The number of rotatable bonds is 7. The van der Waals surface area contributed by atoms with Gasteiger partial charge in [-0.25, -0.2) is 0 Å². The average molecular weight is 499 g/mol. The van der Waals surface area contributed by atoms with Crippen LogP contribution in [-0.2, 0) is 11.2 Å². The Morgan fingerprint density at radius 3 is 2.78 bits per heavy atom. The predicted molar refractivity (Wildman–Crippen MR) is 145 cm³/mol. The summed E-state index contributed by atoms with van der Waals surface area (Å²) in [5.41, 5.74) is 4.47. The van der Waals surface area contributed by atoms with Gasteiger partial charge in [0.15, 0.2) is 0 Å². The first-order valence-electron chi connectivity index (χ1n) is 12.4. The standard InChI is InChI=1S/C29H30N4O2S/c1-20-8-10-25(29(35)30-15-12-23-5-4-18-36-23)28(32-20)21-13-16-33(17-14-21)27(34)11-9-22-19-31-26-7-3-2-6-24(22)26/h2-11,18-19,21,31H,12-17H2,1H3,(H,30,35). The van der Waals surface area contributed by atoms with E-state index in [1.165, 1.54) is 4.88 Å². The molecule has 0 aliphatic carbocycles. The molecule has 4 aromatic rings. The summed E-state index contributed by atoms with van der Waals surface area (Å²) < 4.78 is 0. The van der Waals surface area contributed by atoms with Gasteiger partial charge in [0.05, 0.1) is 11.3 Å². The molecule has 1 aliphatic heterocycles. The number of H-pyrrole nitrogens is 1. The summed E-state index contributed by atoms with van der Waals surface area (Å²) in [4.78, 5) is 37.0. The van der Waals surface area contributed by atoms with Gasteiger partial charge in [0, 0.05) is 59.3 Å². The lowest BCUT2D eigenvalue weighted by Gasteiger charge is -2.32. The van der Waals surface area contributed by atoms with Crippen LogP contribution in [0.2, 0.25) is 0 Å². The number of pyridine rings is 1. The highest BCUT2D eigenvalue weighted by Crippen LogP contribution is 2.30. The van der Waals surface area contributed by atoms with Crippen LogP contribution in [-0.4, -0.2) is 46.3 Å². The zero-order chi connectivity index (χ0) is 24.9. The molecule has 0 radical (unpaired) electrons. The number of amides is 2. The molecule has 0 atom stereocenters. The zero-order valence-electron chi connectivity index (χ0n) is 20.4. The fourth-order valence-corrected chi connectivity index (χ4v) is 5.51. The summed E-state index contributed by atoms with van der Waals surface area (Å²) in [5, 5.41) is 6.21. The number of aryl methyl sites for hydroxylation is 1. The number of benzene rings is 1. The summed E-state index contributed by atoms with van der Waals surface area (Å²) in [5.74, 6) is 0.0984. The number of aromatic nitrogens is 2. The van der Waals surface area contributed by atoms with Gasteiger partial charge >= 0.3 is 0 Å². The van der Waals surface area contributed by atoms with Crippen molar-refractivity contribution in [3.63, 3.8) is 0 Å². The quantitative estimate of drug-likeness (QED) is 0.338. The number of piperidine rings is 1. The number of aromatic amines is 1. The molecule has 1 aromatic carbocycles. The first-order valence-corrected chi connectivity index (χ1v) is 13.3. The van der Waals surface area contributed by atoms with Crippen molar-refractivity contribution in [1.82, 2.24) is 20.2 Å². The van der Waals surface area contributed by atoms with Crippen LogP contribution in [0, 0.1) is 6.92 Å². The topological polar surface area (TPSA) is 78.1 Å². The van der Waals surface area contributed by atoms with Crippen LogP contribution in [0.25, 0.3) is 17.0 Å². The van der Waals surface area contributed by atoms with Crippen molar-refractivity contribution in [2.75, 3.05) is 19.6 Å². The lowest BCUT2D eigenvalue weighted by Crippen LogP contribution is -2.37. The number of hydrogen-bond acceptors (Lipinski definition) is 4. The molecule has 2 N–H and O–H groups in total. The fourth-order valence-electron chi connectivity index (χ4n) is 4.80. The molecular weight excluding hydrogens is 468 g/mol. The number of likely N-dealkylation sites (tertiary alicyclic amines) is 1. The van der Waals surface area contributed by atoms with Crippen LogP contribution in [0.1, 0.15) is 50.9 Å². The molecule has 0 saturated carbocycles. The van der Waals surface area contributed by atoms with Crippen molar-refractivity contribution in [3.05, 3.63) is 93.6 Å². The van der Waals surface area contributed by atoms with Gasteiger partial charge < -0.3 is 15.2 Å². The second-order valence-electron chi connectivity index (χ2n) is 9.19. The van der Waals surface area contributed by atoms with Gasteiger partial charge in [-0.2, -0.15) is 0 Å². The van der Waals surface area contributed by atoms with E-state index in [0.29, 0.717) is 25.2 Å². The number of nitrogens with zero attached hydrogens (tertiary/aromatic N) is 2. The van der Waals surface area contributed by atoms with E-state index in [9.17, 15) is 9.59 Å². The Hall–Kier alpha value is -3.71. The van der Waals surface area contributed by atoms with E-state index in [0.717, 1.165) is 47.1 Å². The van der Waals surface area contributed by atoms with Crippen LogP contribution in [0.5, 0.6) is 0 Å². The molecule has 1 fully saturated rings. The Balaban J connectivity index is 1.20. The monoisotopic (exact) mass is 498 g/mol. The van der Waals surface area contributed by atoms with E-state index >= 15 is 0 Å². The molecule has 184 valence electrons. The number of nitrogens with one attached hydrogen (secondary N) is 2. The number of para-hydroxylation sites is 1. The maximum Gasteiger partial charge on any atom is 0.253 e. The van der Waals surface area contributed by atoms with Gasteiger partial charge in [0.1, 0.15) is 0 Å². The van der Waals surface area contributed by atoms with Gasteiger partial charge in [0.25, 0.3) is 5.91 Å². The van der Waals surface area contributed by atoms with E-state index in [4.69, 9.17) is 4.98 Å². The van der Waals surface area contributed by atoms with Crippen LogP contribution in [0.3, 0.4) is 0 Å². The molecule has 4 heterocycles. The number of carbonyl (C=O) groups excluding carboxylic acids is 2. The first kappa shape index (κ1) is 24.0. The number of carbonyl (C=O) groups is 2. The van der Waals surface area contributed by atoms with E-state index in [-0.39, 0.29) is 17.7 Å². The van der Waals surface area contributed by atoms with Crippen molar-refractivity contribution in [2.24, 2.45) is 0 Å². The summed E-state index contributed by atoms with van der Waals surface area (Å²) >= 11 is 1.70. The fraction of sp³-hybridized carbons (Fsp3) is 0.276. The van der Waals surface area contributed by atoms with Crippen molar-refractivity contribution in [3.8, 4) is 0 Å². The Labute approximate surface area is 215 Å². The summed E-state index contributed by atoms with van der Waals surface area (Å²) in [7, 11) is 0. The molecule has 0 spiro atoms. The molecule has 1 aliphatic rings. The van der Waals surface area contributed by atoms with E-state index in [2.05, 4.69) is 16.4 Å². The molecular formula is C29H30N4O2S. The zero-order valence-corrected chi connectivity index (χ0v) is 21.2. The maximum atomic E-state index is 13.0. The Morgan fingerprint density at radius 1 is 1.14 bits per heavy atom. The van der Waals surface area contributed by atoms with Crippen LogP contribution < -0.4 is 5.32 Å². The molecule has 0 bridgehead atoms. The third-order valence-electron chi connectivity index (χ3n) is 6.77. The number of fused-ring (bicyclic) bond motifs is 1. The molecule has 2 amide bonds. The molecule has 0 unspecified atom stereocenters. The minimum atomic E-state index is -0.0748. The van der Waals surface area contributed by atoms with Crippen LogP contribution in [0.15, 0.2) is 66.2 Å². The summed E-state index contributed by atoms with van der Waals surface area (Å²) in [6, 6.07) is 16.0. The lowest BCUT2D eigenvalue weighted by molar-refractivity contribution is -0.127. The van der Waals surface area contributed by atoms with Gasteiger partial charge in [-0.1, -0.05) is 24.3 Å². The van der Waals surface area contributed by atoms with Crippen molar-refractivity contribution in [2.45, 2.75) is 32.1 Å².